The van der Waals surface area contributed by atoms with Gasteiger partial charge in [0, 0.05) is 13.0 Å². The second kappa shape index (κ2) is 8.67. The maximum absolute atomic E-state index is 12.2. The molecule has 0 aliphatic heterocycles. The summed E-state index contributed by atoms with van der Waals surface area (Å²) >= 11 is 0. The Labute approximate surface area is 126 Å². The first-order valence-electron chi connectivity index (χ1n) is 7.22. The molecule has 0 aliphatic carbocycles. The maximum atomic E-state index is 12.2. The van der Waals surface area contributed by atoms with Gasteiger partial charge in [-0.25, -0.2) is 8.42 Å². The molecule has 5 nitrogen and oxygen atoms in total. The van der Waals surface area contributed by atoms with E-state index in [0.717, 1.165) is 0 Å². The molecule has 0 saturated heterocycles. The zero-order chi connectivity index (χ0) is 15.7. The topological polar surface area (TPSA) is 72.5 Å². The molecule has 21 heavy (non-hydrogen) atoms. The van der Waals surface area contributed by atoms with E-state index in [0.29, 0.717) is 43.0 Å². The van der Waals surface area contributed by atoms with Crippen molar-refractivity contribution in [3.63, 3.8) is 0 Å². The maximum Gasteiger partial charge on any atom is 0.305 e. The van der Waals surface area contributed by atoms with E-state index in [-0.39, 0.29) is 11.7 Å². The number of ether oxygens (including phenoxy) is 1. The van der Waals surface area contributed by atoms with Crippen LogP contribution >= 0.6 is 0 Å². The van der Waals surface area contributed by atoms with Gasteiger partial charge >= 0.3 is 5.97 Å². The molecule has 0 radical (unpaired) electrons. The van der Waals surface area contributed by atoms with E-state index in [2.05, 4.69) is 5.32 Å². The van der Waals surface area contributed by atoms with Crippen LogP contribution in [0, 0.1) is 0 Å². The fourth-order valence-electron chi connectivity index (χ4n) is 1.95. The van der Waals surface area contributed by atoms with E-state index in [4.69, 9.17) is 4.74 Å². The molecule has 0 aliphatic rings. The van der Waals surface area contributed by atoms with Crippen molar-refractivity contribution in [1.82, 2.24) is 0 Å². The van der Waals surface area contributed by atoms with Gasteiger partial charge in [0.2, 0.25) is 0 Å². The molecule has 118 valence electrons. The van der Waals surface area contributed by atoms with Gasteiger partial charge in [0.05, 0.1) is 22.9 Å². The highest BCUT2D eigenvalue weighted by Crippen LogP contribution is 2.22. The van der Waals surface area contributed by atoms with Gasteiger partial charge < -0.3 is 10.1 Å². The lowest BCUT2D eigenvalue weighted by molar-refractivity contribution is -0.143. The van der Waals surface area contributed by atoms with Crippen LogP contribution in [-0.2, 0) is 19.4 Å². The monoisotopic (exact) mass is 313 g/mol. The van der Waals surface area contributed by atoms with Gasteiger partial charge in [0.1, 0.15) is 0 Å². The zero-order valence-electron chi connectivity index (χ0n) is 12.6. The molecule has 0 unspecified atom stereocenters. The highest BCUT2D eigenvalue weighted by molar-refractivity contribution is 7.91. The average Bonchev–Trinajstić information content (AvgIpc) is 2.44. The van der Waals surface area contributed by atoms with Gasteiger partial charge in [0.25, 0.3) is 0 Å². The van der Waals surface area contributed by atoms with Gasteiger partial charge in [-0.2, -0.15) is 0 Å². The van der Waals surface area contributed by atoms with Crippen LogP contribution in [0.5, 0.6) is 0 Å². The van der Waals surface area contributed by atoms with Crippen molar-refractivity contribution in [3.05, 3.63) is 24.3 Å². The third kappa shape index (κ3) is 5.75. The van der Waals surface area contributed by atoms with Crippen molar-refractivity contribution in [1.29, 1.82) is 0 Å². The van der Waals surface area contributed by atoms with Crippen LogP contribution < -0.4 is 5.32 Å². The molecular weight excluding hydrogens is 290 g/mol. The summed E-state index contributed by atoms with van der Waals surface area (Å²) in [6, 6.07) is 6.86. The number of hydrogen-bond acceptors (Lipinski definition) is 5. The fraction of sp³-hybridized carbons (Fsp3) is 0.533. The Balaban J connectivity index is 2.62. The minimum Gasteiger partial charge on any atom is -0.466 e. The van der Waals surface area contributed by atoms with Crippen LogP contribution in [-0.4, -0.2) is 33.3 Å². The minimum absolute atomic E-state index is 0.133. The highest BCUT2D eigenvalue weighted by Gasteiger charge is 2.16. The van der Waals surface area contributed by atoms with Crippen molar-refractivity contribution >= 4 is 21.5 Å². The standard InChI is InChI=1S/C15H23NO4S/c1-3-12-21(18,19)14-9-6-5-8-13(14)16-11-7-10-15(17)20-4-2/h5-6,8-9,16H,3-4,7,10-12H2,1-2H3. The summed E-state index contributed by atoms with van der Waals surface area (Å²) in [6.07, 6.45) is 1.51. The van der Waals surface area contributed by atoms with E-state index < -0.39 is 9.84 Å². The Bertz CT molecular complexity index is 555. The second-order valence-electron chi connectivity index (χ2n) is 4.65. The molecule has 6 heteroatoms. The quantitative estimate of drug-likeness (QED) is 0.560. The second-order valence-corrected chi connectivity index (χ2v) is 6.73. The van der Waals surface area contributed by atoms with Crippen molar-refractivity contribution in [2.24, 2.45) is 0 Å². The SMILES string of the molecule is CCCS(=O)(=O)c1ccccc1NCCCC(=O)OCC. The van der Waals surface area contributed by atoms with E-state index in [1.54, 1.807) is 31.2 Å². The Morgan fingerprint density at radius 2 is 1.95 bits per heavy atom. The molecule has 0 amide bonds. The van der Waals surface area contributed by atoms with Crippen LogP contribution in [0.1, 0.15) is 33.1 Å². The lowest BCUT2D eigenvalue weighted by Crippen LogP contribution is -2.12. The number of carbonyl (C=O) groups excluding carboxylic acids is 1. The molecular formula is C15H23NO4S. The highest BCUT2D eigenvalue weighted by atomic mass is 32.2. The summed E-state index contributed by atoms with van der Waals surface area (Å²) in [7, 11) is -3.26. The molecule has 1 aromatic carbocycles. The lowest BCUT2D eigenvalue weighted by Gasteiger charge is -2.12. The molecule has 0 bridgehead atoms. The van der Waals surface area contributed by atoms with E-state index in [1.165, 1.54) is 0 Å². The van der Waals surface area contributed by atoms with Crippen LogP contribution in [0.2, 0.25) is 0 Å². The summed E-state index contributed by atoms with van der Waals surface area (Å²) < 4.78 is 29.2. The number of benzene rings is 1. The predicted molar refractivity (Wildman–Crippen MR) is 83.1 cm³/mol. The number of sulfone groups is 1. The number of rotatable bonds is 9. The van der Waals surface area contributed by atoms with Crippen LogP contribution in [0.4, 0.5) is 5.69 Å². The number of carbonyl (C=O) groups is 1. The smallest absolute Gasteiger partial charge is 0.305 e. The molecule has 0 heterocycles. The third-order valence-electron chi connectivity index (χ3n) is 2.87. The minimum atomic E-state index is -3.26. The van der Waals surface area contributed by atoms with Crippen LogP contribution in [0.3, 0.4) is 0 Å². The summed E-state index contributed by atoms with van der Waals surface area (Å²) in [5.41, 5.74) is 0.592. The van der Waals surface area contributed by atoms with E-state index >= 15 is 0 Å². The van der Waals surface area contributed by atoms with Crippen molar-refractivity contribution < 1.29 is 17.9 Å². The number of hydrogen-bond donors (Lipinski definition) is 1. The van der Waals surface area contributed by atoms with Crippen LogP contribution in [0.25, 0.3) is 0 Å². The molecule has 1 aromatic rings. The summed E-state index contributed by atoms with van der Waals surface area (Å²) in [4.78, 5) is 11.5. The molecule has 0 aromatic heterocycles. The Kier molecular flexibility index (Phi) is 7.22. The van der Waals surface area contributed by atoms with E-state index in [9.17, 15) is 13.2 Å². The van der Waals surface area contributed by atoms with Crippen LogP contribution in [0.15, 0.2) is 29.2 Å². The van der Waals surface area contributed by atoms with Crippen molar-refractivity contribution in [2.45, 2.75) is 38.0 Å². The van der Waals surface area contributed by atoms with E-state index in [1.807, 2.05) is 6.92 Å². The molecule has 0 fully saturated rings. The molecule has 0 atom stereocenters. The predicted octanol–water partition coefficient (Wildman–Crippen LogP) is 2.63. The first kappa shape index (κ1) is 17.5. The van der Waals surface area contributed by atoms with Gasteiger partial charge in [0.15, 0.2) is 9.84 Å². The first-order chi connectivity index (χ1) is 10.0. The summed E-state index contributed by atoms with van der Waals surface area (Å²) in [5, 5.41) is 3.09. The summed E-state index contributed by atoms with van der Waals surface area (Å²) in [5.74, 6) is -0.0969. The number of nitrogens with one attached hydrogen (secondary N) is 1. The molecule has 1 rings (SSSR count). The number of esters is 1. The molecule has 0 saturated carbocycles. The Morgan fingerprint density at radius 1 is 1.24 bits per heavy atom. The van der Waals surface area contributed by atoms with Gasteiger partial charge in [-0.05, 0) is 31.9 Å². The number of para-hydroxylation sites is 1. The fourth-order valence-corrected chi connectivity index (χ4v) is 3.47. The number of anilines is 1. The largest absolute Gasteiger partial charge is 0.466 e. The molecule has 0 spiro atoms. The Morgan fingerprint density at radius 3 is 2.62 bits per heavy atom. The van der Waals surface area contributed by atoms with Gasteiger partial charge in [-0.3, -0.25) is 4.79 Å². The first-order valence-corrected chi connectivity index (χ1v) is 8.87. The van der Waals surface area contributed by atoms with Crippen molar-refractivity contribution in [3.8, 4) is 0 Å². The van der Waals surface area contributed by atoms with Gasteiger partial charge in [-0.1, -0.05) is 19.1 Å². The van der Waals surface area contributed by atoms with Gasteiger partial charge in [-0.15, -0.1) is 0 Å². The lowest BCUT2D eigenvalue weighted by atomic mass is 10.3. The molecule has 1 N–H and O–H groups in total. The Hall–Kier alpha value is -1.56. The summed E-state index contributed by atoms with van der Waals surface area (Å²) in [6.45, 7) is 4.51. The average molecular weight is 313 g/mol. The normalized spacial score (nSPS) is 11.1. The third-order valence-corrected chi connectivity index (χ3v) is 4.85. The van der Waals surface area contributed by atoms with Crippen molar-refractivity contribution in [2.75, 3.05) is 24.2 Å². The zero-order valence-corrected chi connectivity index (χ0v) is 13.4.